The standard InChI is InChI=1S/C24H32N6O2.C21H30N8O2.C20H28N8O2/c1-14(2)30-13-25-20-21(26-17-10-15(3)4-5-18(17)32)28-23(29-22(20)30)27-19-11-16-6-8-24(19,12-31)9-7-16;1-12(2)29-11-23-18-19(24-14-9-16(22)26-17(31)10-14)27-21(28-20(18)29)25-15-6-4-3-5-13(15)7-8-30;1-12(2)28-11-22-17-18(23-15-7-14(21)8-27(30)9-15)25-20(26-19(17)28)24-16-6-4-3-5-13(16)10-29/h4,10,13-14,16,19,31H,5-9,11-12H2,1-3H3,(H2,26,27,28,29);9-13,15,30H,3-8H2,1-2H3,(H5,22,24,25,26,27,28,31);7-9,11-13,16,29H,3-6,10,21H2,1-2H3,(H2,23,24,25,26)/t16?,19-,24?;13-,15-;13-,16+/m110/s1. The molecule has 0 saturated heterocycles. The van der Waals surface area contributed by atoms with Crippen molar-refractivity contribution in [2.75, 3.05) is 63.2 Å². The molecule has 0 radical (unpaired) electrons. The Morgan fingerprint density at radius 1 is 0.656 bits per heavy atom. The Morgan fingerprint density at radius 3 is 1.69 bits per heavy atom. The number of aliphatic hydroxyl groups excluding tert-OH is 3. The van der Waals surface area contributed by atoms with E-state index >= 15 is 0 Å². The third kappa shape index (κ3) is 14.9. The van der Waals surface area contributed by atoms with Crippen LogP contribution in [0.2, 0.25) is 0 Å². The van der Waals surface area contributed by atoms with Crippen LogP contribution in [0.5, 0.6) is 0 Å². The van der Waals surface area contributed by atoms with Crippen molar-refractivity contribution in [3.63, 3.8) is 0 Å². The number of nitrogens with zero attached hydrogens (tertiary/aromatic N) is 13. The molecule has 5 saturated carbocycles. The van der Waals surface area contributed by atoms with Gasteiger partial charge in [0.25, 0.3) is 5.56 Å². The summed E-state index contributed by atoms with van der Waals surface area (Å²) in [6.45, 7) is 14.9. The van der Waals surface area contributed by atoms with E-state index < -0.39 is 0 Å². The SMILES string of the molecule is CC(C)n1cnc2c(Nc3cc(N)[nH]c(=O)c3)nc(N[C@@H]3CCCC[C@@H]3CCO)nc21.CC(C)n1cnc2c(Nc3cc(N)c[n+]([O-])c3)nc(N[C@@H]3CCCC[C@H]3CO)nc21.CC1=CCC(=O)C(Nc2nc(N[C@@H]3CC4CCC3(CO)CC4)nc3c2ncn3C(C)C)=C1. The molecular weight excluding hydrogens is 1180 g/mol. The maximum absolute atomic E-state index is 12.5. The fraction of sp³-hybridized carbons (Fsp3) is 0.538. The van der Waals surface area contributed by atoms with E-state index in [9.17, 15) is 30.1 Å². The largest absolute Gasteiger partial charge is 0.619 e. The highest BCUT2D eigenvalue weighted by Crippen LogP contribution is 2.51. The molecule has 2 bridgehead atoms. The monoisotopic (exact) mass is 1270 g/mol. The molecule has 93 heavy (non-hydrogen) atoms. The molecule has 0 spiro atoms. The van der Waals surface area contributed by atoms with E-state index in [-0.39, 0.29) is 84.6 Å². The van der Waals surface area contributed by atoms with Gasteiger partial charge >= 0.3 is 0 Å². The van der Waals surface area contributed by atoms with Gasteiger partial charge in [0.1, 0.15) is 11.5 Å². The molecule has 0 amide bonds. The van der Waals surface area contributed by atoms with Crippen LogP contribution in [0, 0.1) is 28.4 Å². The molecule has 0 unspecified atom stereocenters. The lowest BCUT2D eigenvalue weighted by molar-refractivity contribution is -0.603. The van der Waals surface area contributed by atoms with Crippen molar-refractivity contribution in [2.45, 2.75) is 181 Å². The molecule has 14 N–H and O–H groups in total. The first-order valence-corrected chi connectivity index (χ1v) is 32.8. The number of anilines is 10. The number of nitrogens with one attached hydrogen (secondary N) is 7. The van der Waals surface area contributed by atoms with E-state index in [0.717, 1.165) is 81.8 Å². The lowest BCUT2D eigenvalue weighted by Gasteiger charge is -2.51. The molecule has 28 nitrogen and oxygen atoms in total. The molecule has 0 aliphatic heterocycles. The van der Waals surface area contributed by atoms with E-state index in [4.69, 9.17) is 36.4 Å². The number of imidazole rings is 3. The van der Waals surface area contributed by atoms with Gasteiger partial charge in [-0.3, -0.25) is 9.59 Å². The highest BCUT2D eigenvalue weighted by atomic mass is 16.5. The summed E-state index contributed by atoms with van der Waals surface area (Å²) in [6, 6.07) is 5.71. The lowest BCUT2D eigenvalue weighted by atomic mass is 9.58. The Kier molecular flexibility index (Phi) is 20.0. The molecule has 5 atom stereocenters. The van der Waals surface area contributed by atoms with Crippen LogP contribution in [0.25, 0.3) is 33.5 Å². The summed E-state index contributed by atoms with van der Waals surface area (Å²) in [5, 5.41) is 61.3. The van der Waals surface area contributed by atoms with E-state index in [1.807, 2.05) is 32.8 Å². The predicted molar refractivity (Wildman–Crippen MR) is 361 cm³/mol. The summed E-state index contributed by atoms with van der Waals surface area (Å²) in [4.78, 5) is 68.8. The average Bonchev–Trinajstić information content (AvgIpc) is 1.71. The van der Waals surface area contributed by atoms with Crippen molar-refractivity contribution in [1.82, 2.24) is 63.5 Å². The van der Waals surface area contributed by atoms with Crippen LogP contribution in [0.3, 0.4) is 0 Å². The first-order chi connectivity index (χ1) is 44.8. The Morgan fingerprint density at radius 2 is 1.17 bits per heavy atom. The van der Waals surface area contributed by atoms with Gasteiger partial charge in [-0.2, -0.15) is 34.6 Å². The van der Waals surface area contributed by atoms with Crippen LogP contribution in [0.4, 0.5) is 58.2 Å². The maximum atomic E-state index is 12.5. The second-order valence-corrected chi connectivity index (χ2v) is 26.5. The molecular formula is C65H90N22O6. The van der Waals surface area contributed by atoms with Gasteiger partial charge in [0.05, 0.1) is 37.0 Å². The van der Waals surface area contributed by atoms with Gasteiger partial charge < -0.3 is 82.6 Å². The minimum Gasteiger partial charge on any atom is -0.619 e. The number of ketones is 1. The highest BCUT2D eigenvalue weighted by Gasteiger charge is 2.48. The summed E-state index contributed by atoms with van der Waals surface area (Å²) >= 11 is 0. The summed E-state index contributed by atoms with van der Waals surface area (Å²) in [6.07, 6.45) is 27.0. The average molecular weight is 1280 g/mol. The molecule has 6 aliphatic carbocycles. The number of allylic oxidation sites excluding steroid dienone is 4. The van der Waals surface area contributed by atoms with Crippen LogP contribution < -0.4 is 53.7 Å². The highest BCUT2D eigenvalue weighted by molar-refractivity contribution is 6.02. The first-order valence-electron chi connectivity index (χ1n) is 32.8. The van der Waals surface area contributed by atoms with Crippen LogP contribution >= 0.6 is 0 Å². The molecule has 8 aromatic heterocycles. The van der Waals surface area contributed by atoms with Crippen molar-refractivity contribution in [3.8, 4) is 0 Å². The molecule has 5 fully saturated rings. The van der Waals surface area contributed by atoms with E-state index in [1.165, 1.54) is 37.7 Å². The zero-order chi connectivity index (χ0) is 65.7. The van der Waals surface area contributed by atoms with Gasteiger partial charge in [-0.05, 0) is 137 Å². The number of aromatic nitrogens is 14. The third-order valence-corrected chi connectivity index (χ3v) is 18.9. The van der Waals surface area contributed by atoms with Crippen molar-refractivity contribution in [1.29, 1.82) is 0 Å². The number of Topliss-reactive ketones (excluding diaryl/α,β-unsaturated/α-hetero) is 1. The molecule has 14 rings (SSSR count). The van der Waals surface area contributed by atoms with Crippen LogP contribution in [-0.4, -0.2) is 123 Å². The molecule has 6 aliphatic rings. The Bertz CT molecular complexity index is 4050. The molecule has 0 aromatic carbocycles. The molecule has 496 valence electrons. The minimum absolute atomic E-state index is 0.0315. The van der Waals surface area contributed by atoms with Crippen LogP contribution in [0.15, 0.2) is 77.8 Å². The van der Waals surface area contributed by atoms with Crippen molar-refractivity contribution in [2.24, 2.45) is 23.2 Å². The van der Waals surface area contributed by atoms with E-state index in [2.05, 4.69) is 98.4 Å². The first kappa shape index (κ1) is 65.5. The van der Waals surface area contributed by atoms with E-state index in [0.29, 0.717) is 109 Å². The van der Waals surface area contributed by atoms with Gasteiger partial charge in [-0.1, -0.05) is 37.3 Å². The third-order valence-electron chi connectivity index (χ3n) is 18.9. The van der Waals surface area contributed by atoms with Crippen molar-refractivity contribution in [3.05, 3.63) is 88.6 Å². The predicted octanol–water partition coefficient (Wildman–Crippen LogP) is 9.08. The Balaban J connectivity index is 0.000000143. The number of fused-ring (bicyclic) bond motifs is 6. The zero-order valence-electron chi connectivity index (χ0n) is 54.2. The van der Waals surface area contributed by atoms with Crippen LogP contribution in [0.1, 0.15) is 163 Å². The van der Waals surface area contributed by atoms with Crippen molar-refractivity contribution < 1.29 is 24.8 Å². The number of pyridine rings is 2. The number of carbonyl (C=O) groups is 1. The minimum atomic E-state index is -0.298. The topological polar surface area (TPSA) is 393 Å². The fourth-order valence-corrected chi connectivity index (χ4v) is 13.8. The zero-order valence-corrected chi connectivity index (χ0v) is 54.2. The number of carbonyl (C=O) groups excluding carboxylic acids is 1. The number of nitrogens with two attached hydrogens (primary N) is 2. The smallest absolute Gasteiger partial charge is 0.251 e. The van der Waals surface area contributed by atoms with Gasteiger partial charge in [0.2, 0.25) is 30.2 Å². The Labute approximate surface area is 539 Å². The van der Waals surface area contributed by atoms with E-state index in [1.54, 1.807) is 31.1 Å². The number of aromatic amines is 1. The number of hydrogen-bond acceptors (Lipinski definition) is 23. The number of nitrogen functional groups attached to an aromatic ring is 2. The maximum Gasteiger partial charge on any atom is 0.251 e. The number of aliphatic hydroxyl groups is 3. The number of rotatable bonds is 19. The van der Waals surface area contributed by atoms with Gasteiger partial charge in [0, 0.05) is 85.0 Å². The van der Waals surface area contributed by atoms with Gasteiger partial charge in [-0.15, -0.1) is 0 Å². The normalized spacial score (nSPS) is 22.1. The summed E-state index contributed by atoms with van der Waals surface area (Å²) in [5.74, 6) is 4.58. The Hall–Kier alpha value is -9.02. The molecule has 8 aromatic rings. The summed E-state index contributed by atoms with van der Waals surface area (Å²) in [5.41, 5.74) is 18.2. The fourth-order valence-electron chi connectivity index (χ4n) is 13.8. The number of hydrogen-bond donors (Lipinski definition) is 12. The second kappa shape index (κ2) is 28.5. The van der Waals surface area contributed by atoms with Gasteiger partial charge in [0.15, 0.2) is 56.7 Å². The summed E-state index contributed by atoms with van der Waals surface area (Å²) in [7, 11) is 0. The quantitative estimate of drug-likeness (QED) is 0.0265. The van der Waals surface area contributed by atoms with Crippen LogP contribution in [-0.2, 0) is 4.79 Å². The second-order valence-electron chi connectivity index (χ2n) is 26.5. The summed E-state index contributed by atoms with van der Waals surface area (Å²) < 4.78 is 6.64. The number of H-pyrrole nitrogens is 1. The van der Waals surface area contributed by atoms with Gasteiger partial charge in [-0.25, -0.2) is 15.0 Å². The lowest BCUT2D eigenvalue weighted by Crippen LogP contribution is -2.52. The molecule has 8 heterocycles. The molecule has 28 heteroatoms. The van der Waals surface area contributed by atoms with Crippen molar-refractivity contribution >= 4 is 97.5 Å².